The third-order valence-corrected chi connectivity index (χ3v) is 5.65. The Morgan fingerprint density at radius 3 is 2.00 bits per heavy atom. The molecule has 1 aliphatic carbocycles. The van der Waals surface area contributed by atoms with E-state index in [0.717, 1.165) is 19.3 Å². The van der Waals surface area contributed by atoms with Crippen LogP contribution in [0.2, 0.25) is 0 Å². The van der Waals surface area contributed by atoms with Gasteiger partial charge in [-0.25, -0.2) is 0 Å². The zero-order chi connectivity index (χ0) is 19.7. The third kappa shape index (κ3) is 6.92. The number of carbonyl (C=O) groups excluding carboxylic acids is 2. The van der Waals surface area contributed by atoms with Crippen LogP contribution in [0.1, 0.15) is 86.5 Å². The summed E-state index contributed by atoms with van der Waals surface area (Å²) in [4.78, 5) is 25.8. The summed E-state index contributed by atoms with van der Waals surface area (Å²) in [5, 5.41) is 0. The Hall–Kier alpha value is -1.06. The van der Waals surface area contributed by atoms with Gasteiger partial charge in [-0.3, -0.25) is 9.59 Å². The van der Waals surface area contributed by atoms with Gasteiger partial charge in [0.25, 0.3) is 0 Å². The molecule has 0 aliphatic heterocycles. The van der Waals surface area contributed by atoms with Gasteiger partial charge in [0.15, 0.2) is 0 Å². The van der Waals surface area contributed by atoms with Crippen LogP contribution in [0.3, 0.4) is 0 Å². The van der Waals surface area contributed by atoms with E-state index >= 15 is 0 Å². The Kier molecular flexibility index (Phi) is 9.67. The molecule has 0 aromatic carbocycles. The first kappa shape index (κ1) is 23.0. The number of esters is 2. The van der Waals surface area contributed by atoms with Crippen molar-refractivity contribution in [2.24, 2.45) is 29.1 Å². The number of hydrogen-bond donors (Lipinski definition) is 0. The molecule has 0 aromatic rings. The van der Waals surface area contributed by atoms with Gasteiger partial charge in [-0.05, 0) is 37.5 Å². The SMILES string of the molecule is CCC(C)(C(=O)OCC(C)C)C(CC1CCCCC1)C(=O)OCC(C)C. The van der Waals surface area contributed by atoms with Crippen LogP contribution in [0.25, 0.3) is 0 Å². The smallest absolute Gasteiger partial charge is 0.312 e. The van der Waals surface area contributed by atoms with Crippen molar-refractivity contribution in [3.05, 3.63) is 0 Å². The van der Waals surface area contributed by atoms with E-state index < -0.39 is 11.3 Å². The highest BCUT2D eigenvalue weighted by Crippen LogP contribution is 2.41. The molecule has 0 radical (unpaired) electrons. The van der Waals surface area contributed by atoms with Crippen molar-refractivity contribution in [1.29, 1.82) is 0 Å². The molecule has 4 heteroatoms. The maximum Gasteiger partial charge on any atom is 0.312 e. The van der Waals surface area contributed by atoms with Gasteiger partial charge in [-0.1, -0.05) is 66.7 Å². The maximum atomic E-state index is 12.9. The second kappa shape index (κ2) is 10.9. The number of hydrogen-bond acceptors (Lipinski definition) is 4. The van der Waals surface area contributed by atoms with Gasteiger partial charge in [0.2, 0.25) is 0 Å². The molecule has 0 spiro atoms. The quantitative estimate of drug-likeness (QED) is 0.485. The summed E-state index contributed by atoms with van der Waals surface area (Å²) in [5.74, 6) is 0.170. The van der Waals surface area contributed by atoms with Crippen molar-refractivity contribution in [2.75, 3.05) is 13.2 Å². The molecular formula is C22H40O4. The normalized spacial score (nSPS) is 19.2. The highest BCUT2D eigenvalue weighted by Gasteiger charge is 2.47. The monoisotopic (exact) mass is 368 g/mol. The minimum Gasteiger partial charge on any atom is -0.465 e. The van der Waals surface area contributed by atoms with Gasteiger partial charge in [0, 0.05) is 0 Å². The van der Waals surface area contributed by atoms with Crippen LogP contribution in [-0.2, 0) is 19.1 Å². The lowest BCUT2D eigenvalue weighted by atomic mass is 9.69. The van der Waals surface area contributed by atoms with Crippen LogP contribution in [0.5, 0.6) is 0 Å². The van der Waals surface area contributed by atoms with Gasteiger partial charge in [0.1, 0.15) is 0 Å². The van der Waals surface area contributed by atoms with E-state index in [2.05, 4.69) is 0 Å². The van der Waals surface area contributed by atoms with Crippen molar-refractivity contribution in [1.82, 2.24) is 0 Å². The van der Waals surface area contributed by atoms with Gasteiger partial charge >= 0.3 is 11.9 Å². The Morgan fingerprint density at radius 1 is 0.962 bits per heavy atom. The zero-order valence-electron chi connectivity index (χ0n) is 17.8. The molecule has 0 heterocycles. The summed E-state index contributed by atoms with van der Waals surface area (Å²) in [7, 11) is 0. The lowest BCUT2D eigenvalue weighted by Gasteiger charge is -2.36. The summed E-state index contributed by atoms with van der Waals surface area (Å²) < 4.78 is 11.1. The Labute approximate surface area is 160 Å². The van der Waals surface area contributed by atoms with Crippen LogP contribution in [0, 0.1) is 29.1 Å². The van der Waals surface area contributed by atoms with Crippen molar-refractivity contribution in [2.45, 2.75) is 86.5 Å². The van der Waals surface area contributed by atoms with Crippen LogP contribution >= 0.6 is 0 Å². The fourth-order valence-electron chi connectivity index (χ4n) is 3.66. The van der Waals surface area contributed by atoms with E-state index in [4.69, 9.17) is 9.47 Å². The highest BCUT2D eigenvalue weighted by molar-refractivity contribution is 5.85. The predicted octanol–water partition coefficient (Wildman–Crippen LogP) is 5.39. The van der Waals surface area contributed by atoms with E-state index in [9.17, 15) is 9.59 Å². The van der Waals surface area contributed by atoms with E-state index in [1.54, 1.807) is 0 Å². The third-order valence-electron chi connectivity index (χ3n) is 5.65. The second-order valence-corrected chi connectivity index (χ2v) is 9.08. The van der Waals surface area contributed by atoms with Gasteiger partial charge in [-0.15, -0.1) is 0 Å². The van der Waals surface area contributed by atoms with Crippen molar-refractivity contribution >= 4 is 11.9 Å². The Bertz CT molecular complexity index is 437. The minimum atomic E-state index is -0.819. The number of carbonyl (C=O) groups is 2. The largest absolute Gasteiger partial charge is 0.465 e. The van der Waals surface area contributed by atoms with Crippen LogP contribution < -0.4 is 0 Å². The molecule has 2 atom stereocenters. The number of rotatable bonds is 10. The van der Waals surface area contributed by atoms with E-state index in [-0.39, 0.29) is 23.8 Å². The van der Waals surface area contributed by atoms with E-state index in [1.807, 2.05) is 41.5 Å². The van der Waals surface area contributed by atoms with Crippen molar-refractivity contribution in [3.63, 3.8) is 0 Å². The topological polar surface area (TPSA) is 52.6 Å². The van der Waals surface area contributed by atoms with Gasteiger partial charge in [-0.2, -0.15) is 0 Å². The molecule has 2 unspecified atom stereocenters. The lowest BCUT2D eigenvalue weighted by Crippen LogP contribution is -2.43. The summed E-state index contributed by atoms with van der Waals surface area (Å²) >= 11 is 0. The van der Waals surface area contributed by atoms with Gasteiger partial charge < -0.3 is 9.47 Å². The fraction of sp³-hybridized carbons (Fsp3) is 0.909. The zero-order valence-corrected chi connectivity index (χ0v) is 17.8. The summed E-state index contributed by atoms with van der Waals surface area (Å²) in [6.45, 7) is 12.8. The first-order valence-corrected chi connectivity index (χ1v) is 10.5. The maximum absolute atomic E-state index is 12.9. The predicted molar refractivity (Wildman–Crippen MR) is 105 cm³/mol. The lowest BCUT2D eigenvalue weighted by molar-refractivity contribution is -0.171. The fourth-order valence-corrected chi connectivity index (χ4v) is 3.66. The van der Waals surface area contributed by atoms with Gasteiger partial charge in [0.05, 0.1) is 24.5 Å². The Morgan fingerprint density at radius 2 is 1.50 bits per heavy atom. The molecule has 26 heavy (non-hydrogen) atoms. The standard InChI is InChI=1S/C22H40O4/c1-7-22(6,21(24)26-15-17(4)5)19(20(23)25-14-16(2)3)13-18-11-9-8-10-12-18/h16-19H,7-15H2,1-6H3. The molecule has 0 bridgehead atoms. The highest BCUT2D eigenvalue weighted by atomic mass is 16.5. The van der Waals surface area contributed by atoms with Crippen molar-refractivity contribution < 1.29 is 19.1 Å². The molecular weight excluding hydrogens is 328 g/mol. The van der Waals surface area contributed by atoms with E-state index in [0.29, 0.717) is 25.6 Å². The minimum absolute atomic E-state index is 0.227. The molecule has 0 amide bonds. The van der Waals surface area contributed by atoms with E-state index in [1.165, 1.54) is 19.3 Å². The molecule has 1 saturated carbocycles. The second-order valence-electron chi connectivity index (χ2n) is 9.08. The number of ether oxygens (including phenoxy) is 2. The van der Waals surface area contributed by atoms with Crippen LogP contribution in [0.15, 0.2) is 0 Å². The molecule has 1 rings (SSSR count). The average molecular weight is 369 g/mol. The molecule has 0 N–H and O–H groups in total. The van der Waals surface area contributed by atoms with Crippen molar-refractivity contribution in [3.8, 4) is 0 Å². The van der Waals surface area contributed by atoms with Crippen LogP contribution in [0.4, 0.5) is 0 Å². The summed E-state index contributed by atoms with van der Waals surface area (Å²) in [6, 6.07) is 0. The molecule has 4 nitrogen and oxygen atoms in total. The summed E-state index contributed by atoms with van der Waals surface area (Å²) in [5.41, 5.74) is -0.819. The molecule has 0 saturated heterocycles. The molecule has 152 valence electrons. The summed E-state index contributed by atoms with van der Waals surface area (Å²) in [6.07, 6.45) is 7.33. The first-order valence-electron chi connectivity index (χ1n) is 10.5. The first-order chi connectivity index (χ1) is 12.2. The van der Waals surface area contributed by atoms with Crippen LogP contribution in [-0.4, -0.2) is 25.2 Å². The average Bonchev–Trinajstić information content (AvgIpc) is 2.62. The molecule has 0 aromatic heterocycles. The molecule has 1 aliphatic rings. The Balaban J connectivity index is 2.96. The molecule has 1 fully saturated rings.